The normalized spacial score (nSPS) is 21.8. The highest BCUT2D eigenvalue weighted by Crippen LogP contribution is 2.34. The molecule has 2 amide bonds. The van der Waals surface area contributed by atoms with Crippen molar-refractivity contribution in [2.75, 3.05) is 33.7 Å². The quantitative estimate of drug-likeness (QED) is 0.693. The second-order valence-electron chi connectivity index (χ2n) is 8.10. The molecule has 7 heteroatoms. The van der Waals surface area contributed by atoms with E-state index in [1.807, 2.05) is 42.2 Å². The lowest BCUT2D eigenvalue weighted by atomic mass is 9.78. The molecule has 1 saturated heterocycles. The number of piperidine rings is 1. The molecule has 1 heterocycles. The van der Waals surface area contributed by atoms with Gasteiger partial charge in [-0.3, -0.25) is 14.5 Å². The predicted octanol–water partition coefficient (Wildman–Crippen LogP) is 1.48. The number of amides is 2. The Morgan fingerprint density at radius 1 is 1.20 bits per heavy atom. The van der Waals surface area contributed by atoms with Crippen LogP contribution in [0.15, 0.2) is 48.5 Å². The van der Waals surface area contributed by atoms with Crippen molar-refractivity contribution in [1.82, 2.24) is 15.1 Å². The summed E-state index contributed by atoms with van der Waals surface area (Å²) in [6.07, 6.45) is -0.503. The SMILES string of the molecule is Cc1ccc(O)c(C(=O)N[C@]2(c3ccccc3)CCN(CC(=O)N(C)C)C[C@H]2O)c1. The summed E-state index contributed by atoms with van der Waals surface area (Å²) in [5.41, 5.74) is 0.787. The van der Waals surface area contributed by atoms with Gasteiger partial charge >= 0.3 is 0 Å². The predicted molar refractivity (Wildman–Crippen MR) is 114 cm³/mol. The summed E-state index contributed by atoms with van der Waals surface area (Å²) >= 11 is 0. The first-order valence-corrected chi connectivity index (χ1v) is 10.0. The molecule has 1 aliphatic rings. The fourth-order valence-electron chi connectivity index (χ4n) is 3.86. The number of aromatic hydroxyl groups is 1. The lowest BCUT2D eigenvalue weighted by Gasteiger charge is -2.46. The number of hydrogen-bond acceptors (Lipinski definition) is 5. The van der Waals surface area contributed by atoms with Gasteiger partial charge in [0.15, 0.2) is 0 Å². The summed E-state index contributed by atoms with van der Waals surface area (Å²) in [7, 11) is 3.40. The van der Waals surface area contributed by atoms with Crippen molar-refractivity contribution in [1.29, 1.82) is 0 Å². The number of nitrogens with zero attached hydrogens (tertiary/aromatic N) is 2. The number of carbonyl (C=O) groups excluding carboxylic acids is 2. The molecule has 7 nitrogen and oxygen atoms in total. The van der Waals surface area contributed by atoms with Crippen LogP contribution in [0.5, 0.6) is 5.75 Å². The smallest absolute Gasteiger partial charge is 0.255 e. The summed E-state index contributed by atoms with van der Waals surface area (Å²) in [4.78, 5) is 28.6. The Morgan fingerprint density at radius 2 is 1.90 bits per heavy atom. The summed E-state index contributed by atoms with van der Waals surface area (Å²) in [5, 5.41) is 24.4. The number of β-amino-alcohol motifs (C(OH)–C–C–N with tert-alkyl or cyclic N) is 1. The average molecular weight is 412 g/mol. The van der Waals surface area contributed by atoms with Gasteiger partial charge in [-0.05, 0) is 31.0 Å². The third-order valence-electron chi connectivity index (χ3n) is 5.70. The number of likely N-dealkylation sites (N-methyl/N-ethyl adjacent to an activating group) is 1. The van der Waals surface area contributed by atoms with Crippen LogP contribution in [0.2, 0.25) is 0 Å². The largest absolute Gasteiger partial charge is 0.507 e. The average Bonchev–Trinajstić information content (AvgIpc) is 2.72. The zero-order valence-corrected chi connectivity index (χ0v) is 17.6. The van der Waals surface area contributed by atoms with Crippen molar-refractivity contribution < 1.29 is 19.8 Å². The molecule has 1 fully saturated rings. The van der Waals surface area contributed by atoms with Gasteiger partial charge in [0.2, 0.25) is 5.91 Å². The van der Waals surface area contributed by atoms with Crippen molar-refractivity contribution in [3.05, 3.63) is 65.2 Å². The standard InChI is InChI=1S/C23H29N3O4/c1-16-9-10-19(27)18(13-16)22(30)24-23(17-7-5-4-6-8-17)11-12-26(14-20(23)28)15-21(29)25(2)3/h4-10,13,20,27-28H,11-12,14-15H2,1-3H3,(H,24,30)/t20-,23+/m1/s1. The Labute approximate surface area is 176 Å². The highest BCUT2D eigenvalue weighted by molar-refractivity contribution is 5.97. The molecular formula is C23H29N3O4. The first-order chi connectivity index (χ1) is 14.2. The minimum Gasteiger partial charge on any atom is -0.507 e. The molecule has 2 atom stereocenters. The molecule has 3 rings (SSSR count). The Hall–Kier alpha value is -2.90. The summed E-state index contributed by atoms with van der Waals surface area (Å²) in [5.74, 6) is -0.593. The number of hydrogen-bond donors (Lipinski definition) is 3. The van der Waals surface area contributed by atoms with Gasteiger partial charge in [-0.15, -0.1) is 0 Å². The minimum atomic E-state index is -1.02. The van der Waals surface area contributed by atoms with Crippen LogP contribution in [0, 0.1) is 6.92 Å². The monoisotopic (exact) mass is 411 g/mol. The molecule has 0 bridgehead atoms. The Balaban J connectivity index is 1.89. The molecule has 30 heavy (non-hydrogen) atoms. The van der Waals surface area contributed by atoms with Crippen LogP contribution < -0.4 is 5.32 Å². The van der Waals surface area contributed by atoms with Gasteiger partial charge in [-0.1, -0.05) is 42.0 Å². The molecule has 0 unspecified atom stereocenters. The van der Waals surface area contributed by atoms with Gasteiger partial charge in [0, 0.05) is 27.2 Å². The van der Waals surface area contributed by atoms with E-state index in [2.05, 4.69) is 5.32 Å². The topological polar surface area (TPSA) is 93.1 Å². The Morgan fingerprint density at radius 3 is 2.53 bits per heavy atom. The number of carbonyl (C=O) groups is 2. The maximum Gasteiger partial charge on any atom is 0.255 e. The van der Waals surface area contributed by atoms with Crippen molar-refractivity contribution in [2.45, 2.75) is 25.0 Å². The minimum absolute atomic E-state index is 0.0388. The number of nitrogens with one attached hydrogen (secondary N) is 1. The van der Waals surface area contributed by atoms with Crippen LogP contribution in [0.1, 0.15) is 27.9 Å². The number of aliphatic hydroxyl groups is 1. The molecule has 0 spiro atoms. The molecule has 0 aliphatic carbocycles. The van der Waals surface area contributed by atoms with E-state index in [0.717, 1.165) is 11.1 Å². The van der Waals surface area contributed by atoms with Crippen molar-refractivity contribution >= 4 is 11.8 Å². The molecule has 0 aromatic heterocycles. The molecule has 2 aromatic rings. The number of benzene rings is 2. The lowest BCUT2D eigenvalue weighted by Crippen LogP contribution is -2.62. The molecule has 1 aliphatic heterocycles. The zero-order valence-electron chi connectivity index (χ0n) is 17.6. The second-order valence-corrected chi connectivity index (χ2v) is 8.10. The van der Waals surface area contributed by atoms with Crippen LogP contribution in [0.25, 0.3) is 0 Å². The zero-order chi connectivity index (χ0) is 21.9. The third kappa shape index (κ3) is 4.47. The van der Waals surface area contributed by atoms with E-state index in [0.29, 0.717) is 13.0 Å². The maximum atomic E-state index is 13.1. The van der Waals surface area contributed by atoms with Crippen molar-refractivity contribution in [3.63, 3.8) is 0 Å². The maximum absolute atomic E-state index is 13.1. The Kier molecular flexibility index (Phi) is 6.43. The molecular weight excluding hydrogens is 382 g/mol. The van der Waals surface area contributed by atoms with Gasteiger partial charge in [0.05, 0.1) is 23.8 Å². The van der Waals surface area contributed by atoms with Gasteiger partial charge in [0.25, 0.3) is 5.91 Å². The summed E-state index contributed by atoms with van der Waals surface area (Å²) in [6, 6.07) is 14.2. The first-order valence-electron chi connectivity index (χ1n) is 10.0. The van der Waals surface area contributed by atoms with E-state index < -0.39 is 17.6 Å². The highest BCUT2D eigenvalue weighted by Gasteiger charge is 2.45. The van der Waals surface area contributed by atoms with E-state index in [9.17, 15) is 19.8 Å². The van der Waals surface area contributed by atoms with Gasteiger partial charge < -0.3 is 20.4 Å². The number of rotatable bonds is 5. The third-order valence-corrected chi connectivity index (χ3v) is 5.70. The van der Waals surface area contributed by atoms with Gasteiger partial charge in [0.1, 0.15) is 5.75 Å². The molecule has 160 valence electrons. The van der Waals surface area contributed by atoms with Crippen LogP contribution in [0.4, 0.5) is 0 Å². The van der Waals surface area contributed by atoms with Gasteiger partial charge in [-0.2, -0.15) is 0 Å². The van der Waals surface area contributed by atoms with E-state index in [1.165, 1.54) is 11.0 Å². The van der Waals surface area contributed by atoms with E-state index in [4.69, 9.17) is 0 Å². The number of phenolic OH excluding ortho intramolecular Hbond substituents is 1. The number of aryl methyl sites for hydroxylation is 1. The van der Waals surface area contributed by atoms with E-state index >= 15 is 0 Å². The lowest BCUT2D eigenvalue weighted by molar-refractivity contribution is -0.131. The Bertz CT molecular complexity index is 916. The fraction of sp³-hybridized carbons (Fsp3) is 0.391. The highest BCUT2D eigenvalue weighted by atomic mass is 16.3. The molecule has 0 radical (unpaired) electrons. The number of phenols is 1. The first kappa shape index (κ1) is 21.8. The fourth-order valence-corrected chi connectivity index (χ4v) is 3.86. The van der Waals surface area contributed by atoms with Crippen LogP contribution in [-0.2, 0) is 10.3 Å². The van der Waals surface area contributed by atoms with Crippen LogP contribution >= 0.6 is 0 Å². The summed E-state index contributed by atoms with van der Waals surface area (Å²) in [6.45, 7) is 2.83. The number of aliphatic hydroxyl groups excluding tert-OH is 1. The van der Waals surface area contributed by atoms with Crippen molar-refractivity contribution in [3.8, 4) is 5.75 Å². The second kappa shape index (κ2) is 8.85. The summed E-state index contributed by atoms with van der Waals surface area (Å²) < 4.78 is 0. The molecule has 2 aromatic carbocycles. The van der Waals surface area contributed by atoms with Gasteiger partial charge in [-0.25, -0.2) is 0 Å². The number of likely N-dealkylation sites (tertiary alicyclic amines) is 1. The van der Waals surface area contributed by atoms with Crippen LogP contribution in [-0.4, -0.2) is 71.7 Å². The van der Waals surface area contributed by atoms with E-state index in [-0.39, 0.29) is 30.3 Å². The molecule has 0 saturated carbocycles. The van der Waals surface area contributed by atoms with Crippen molar-refractivity contribution in [2.24, 2.45) is 0 Å². The van der Waals surface area contributed by atoms with E-state index in [1.54, 1.807) is 26.2 Å². The molecule has 3 N–H and O–H groups in total. The van der Waals surface area contributed by atoms with Crippen LogP contribution in [0.3, 0.4) is 0 Å².